The predicted octanol–water partition coefficient (Wildman–Crippen LogP) is 3.29. The topological polar surface area (TPSA) is 49.5 Å². The molecule has 0 aliphatic carbocycles. The van der Waals surface area contributed by atoms with Gasteiger partial charge >= 0.3 is 0 Å². The number of aromatic hydroxyl groups is 1. The molecule has 0 bridgehead atoms. The zero-order valence-electron chi connectivity index (χ0n) is 9.32. The lowest BCUT2D eigenvalue weighted by atomic mass is 10.1. The summed E-state index contributed by atoms with van der Waals surface area (Å²) in [5.41, 5.74) is 1.14. The van der Waals surface area contributed by atoms with Crippen molar-refractivity contribution in [3.05, 3.63) is 16.6 Å². The molecule has 2 aromatic rings. The van der Waals surface area contributed by atoms with Crippen LogP contribution in [-0.2, 0) is 0 Å². The number of aromatic nitrogens is 1. The summed E-state index contributed by atoms with van der Waals surface area (Å²) >= 11 is 3.40. The maximum atomic E-state index is 9.75. The Bertz CT molecular complexity index is 508. The zero-order valence-corrected chi connectivity index (χ0v) is 10.9. The van der Waals surface area contributed by atoms with E-state index >= 15 is 0 Å². The Morgan fingerprint density at radius 1 is 1.24 bits per heavy atom. The van der Waals surface area contributed by atoms with E-state index in [9.17, 15) is 5.11 Å². The average Bonchev–Trinajstić information content (AvgIpc) is 2.81. The molecule has 0 amide bonds. The normalized spacial score (nSPS) is 16.6. The Balaban J connectivity index is 2.06. The van der Waals surface area contributed by atoms with Crippen LogP contribution >= 0.6 is 15.9 Å². The summed E-state index contributed by atoms with van der Waals surface area (Å²) in [5.74, 6) is 0.162. The molecule has 0 radical (unpaired) electrons. The van der Waals surface area contributed by atoms with Crippen LogP contribution in [0.4, 0.5) is 6.01 Å². The summed E-state index contributed by atoms with van der Waals surface area (Å²) in [4.78, 5) is 6.51. The van der Waals surface area contributed by atoms with E-state index in [1.54, 1.807) is 12.1 Å². The van der Waals surface area contributed by atoms with Gasteiger partial charge in [-0.1, -0.05) is 0 Å². The van der Waals surface area contributed by atoms with E-state index in [-0.39, 0.29) is 5.75 Å². The van der Waals surface area contributed by atoms with Crippen LogP contribution in [0.3, 0.4) is 0 Å². The highest BCUT2D eigenvalue weighted by molar-refractivity contribution is 9.10. The molecule has 90 valence electrons. The highest BCUT2D eigenvalue weighted by Gasteiger charge is 2.19. The lowest BCUT2D eigenvalue weighted by molar-refractivity contribution is 0.480. The van der Waals surface area contributed by atoms with Crippen LogP contribution < -0.4 is 4.90 Å². The maximum absolute atomic E-state index is 9.75. The van der Waals surface area contributed by atoms with Crippen molar-refractivity contribution in [1.82, 2.24) is 4.98 Å². The first kappa shape index (κ1) is 10.9. The Morgan fingerprint density at radius 3 is 2.71 bits per heavy atom. The number of fused-ring (bicyclic) bond motifs is 1. The van der Waals surface area contributed by atoms with Crippen LogP contribution in [0.1, 0.15) is 19.3 Å². The van der Waals surface area contributed by atoms with Gasteiger partial charge in [0.2, 0.25) is 0 Å². The van der Waals surface area contributed by atoms with Gasteiger partial charge in [0, 0.05) is 13.1 Å². The van der Waals surface area contributed by atoms with E-state index in [1.165, 1.54) is 19.3 Å². The molecule has 17 heavy (non-hydrogen) atoms. The number of phenols is 1. The molecule has 1 N–H and O–H groups in total. The van der Waals surface area contributed by atoms with E-state index in [0.717, 1.165) is 17.6 Å². The molecule has 1 aromatic carbocycles. The molecule has 0 saturated carbocycles. The van der Waals surface area contributed by atoms with Gasteiger partial charge in [-0.05, 0) is 47.3 Å². The van der Waals surface area contributed by atoms with Crippen LogP contribution in [0.25, 0.3) is 11.1 Å². The van der Waals surface area contributed by atoms with Gasteiger partial charge in [0.05, 0.1) is 4.47 Å². The Kier molecular flexibility index (Phi) is 2.70. The summed E-state index contributed by atoms with van der Waals surface area (Å²) in [6, 6.07) is 4.00. The first-order chi connectivity index (χ1) is 8.25. The van der Waals surface area contributed by atoms with Crippen molar-refractivity contribution in [3.8, 4) is 5.75 Å². The minimum atomic E-state index is 0.162. The number of benzene rings is 1. The second-order valence-electron chi connectivity index (χ2n) is 4.29. The van der Waals surface area contributed by atoms with E-state index in [2.05, 4.69) is 25.8 Å². The summed E-state index contributed by atoms with van der Waals surface area (Å²) in [7, 11) is 0. The third-order valence-electron chi connectivity index (χ3n) is 3.09. The van der Waals surface area contributed by atoms with Gasteiger partial charge in [0.25, 0.3) is 6.01 Å². The van der Waals surface area contributed by atoms with Crippen LogP contribution in [0, 0.1) is 0 Å². The molecule has 0 unspecified atom stereocenters. The standard InChI is InChI=1S/C12H13BrN2O2/c13-8-4-5-9(16)10-11(8)17-12(14-10)15-6-2-1-3-7-15/h4-5,16H,1-3,6-7H2. The number of hydrogen-bond donors (Lipinski definition) is 1. The first-order valence-electron chi connectivity index (χ1n) is 5.78. The van der Waals surface area contributed by atoms with Gasteiger partial charge < -0.3 is 14.4 Å². The van der Waals surface area contributed by atoms with Gasteiger partial charge in [-0.15, -0.1) is 0 Å². The molecule has 1 aliphatic rings. The Labute approximate surface area is 107 Å². The molecule has 3 rings (SSSR count). The minimum absolute atomic E-state index is 0.162. The molecular formula is C12H13BrN2O2. The third kappa shape index (κ3) is 1.88. The summed E-state index contributed by atoms with van der Waals surface area (Å²) in [5, 5.41) is 9.75. The smallest absolute Gasteiger partial charge is 0.298 e. The second kappa shape index (κ2) is 4.22. The lowest BCUT2D eigenvalue weighted by Crippen LogP contribution is -2.29. The summed E-state index contributed by atoms with van der Waals surface area (Å²) in [6.45, 7) is 1.95. The number of hydrogen-bond acceptors (Lipinski definition) is 4. The Hall–Kier alpha value is -1.23. The number of anilines is 1. The van der Waals surface area contributed by atoms with E-state index in [0.29, 0.717) is 17.1 Å². The fourth-order valence-corrected chi connectivity index (χ4v) is 2.57. The minimum Gasteiger partial charge on any atom is -0.506 e. The SMILES string of the molecule is Oc1ccc(Br)c2oc(N3CCCCC3)nc12. The predicted molar refractivity (Wildman–Crippen MR) is 69.4 cm³/mol. The van der Waals surface area contributed by atoms with Crippen molar-refractivity contribution >= 4 is 33.0 Å². The van der Waals surface area contributed by atoms with Crippen LogP contribution in [0.5, 0.6) is 5.75 Å². The highest BCUT2D eigenvalue weighted by atomic mass is 79.9. The number of nitrogens with zero attached hydrogens (tertiary/aromatic N) is 2. The van der Waals surface area contributed by atoms with Crippen molar-refractivity contribution in [1.29, 1.82) is 0 Å². The van der Waals surface area contributed by atoms with Crippen molar-refractivity contribution in [2.75, 3.05) is 18.0 Å². The van der Waals surface area contributed by atoms with Crippen LogP contribution in [-0.4, -0.2) is 23.2 Å². The number of piperidine rings is 1. The van der Waals surface area contributed by atoms with Crippen molar-refractivity contribution in [3.63, 3.8) is 0 Å². The lowest BCUT2D eigenvalue weighted by Gasteiger charge is -2.24. The summed E-state index contributed by atoms with van der Waals surface area (Å²) < 4.78 is 6.55. The van der Waals surface area contributed by atoms with Gasteiger partial charge in [-0.2, -0.15) is 4.98 Å². The number of rotatable bonds is 1. The molecule has 4 nitrogen and oxygen atoms in total. The fraction of sp³-hybridized carbons (Fsp3) is 0.417. The molecule has 1 saturated heterocycles. The largest absolute Gasteiger partial charge is 0.506 e. The molecule has 1 aromatic heterocycles. The monoisotopic (exact) mass is 296 g/mol. The molecule has 5 heteroatoms. The molecule has 0 spiro atoms. The van der Waals surface area contributed by atoms with Gasteiger partial charge in [-0.3, -0.25) is 0 Å². The molecule has 0 atom stereocenters. The first-order valence-corrected chi connectivity index (χ1v) is 6.58. The number of oxazole rings is 1. The van der Waals surface area contributed by atoms with E-state index < -0.39 is 0 Å². The Morgan fingerprint density at radius 2 is 2.00 bits per heavy atom. The quantitative estimate of drug-likeness (QED) is 0.877. The molecule has 1 fully saturated rings. The maximum Gasteiger partial charge on any atom is 0.298 e. The van der Waals surface area contributed by atoms with Crippen molar-refractivity contribution in [2.24, 2.45) is 0 Å². The molecule has 2 heterocycles. The van der Waals surface area contributed by atoms with Gasteiger partial charge in [0.15, 0.2) is 11.1 Å². The van der Waals surface area contributed by atoms with E-state index in [4.69, 9.17) is 4.42 Å². The van der Waals surface area contributed by atoms with Gasteiger partial charge in [-0.25, -0.2) is 0 Å². The number of phenolic OH excluding ortho intramolecular Hbond substituents is 1. The van der Waals surface area contributed by atoms with Crippen LogP contribution in [0.15, 0.2) is 21.0 Å². The molecular weight excluding hydrogens is 284 g/mol. The van der Waals surface area contributed by atoms with Gasteiger partial charge in [0.1, 0.15) is 5.75 Å². The average molecular weight is 297 g/mol. The van der Waals surface area contributed by atoms with E-state index in [1.807, 2.05) is 0 Å². The third-order valence-corrected chi connectivity index (χ3v) is 3.71. The number of halogens is 1. The van der Waals surface area contributed by atoms with Crippen molar-refractivity contribution in [2.45, 2.75) is 19.3 Å². The highest BCUT2D eigenvalue weighted by Crippen LogP contribution is 2.34. The summed E-state index contributed by atoms with van der Waals surface area (Å²) in [6.07, 6.45) is 3.61. The van der Waals surface area contributed by atoms with Crippen molar-refractivity contribution < 1.29 is 9.52 Å². The molecule has 1 aliphatic heterocycles. The fourth-order valence-electron chi connectivity index (χ4n) is 2.17. The second-order valence-corrected chi connectivity index (χ2v) is 5.14. The van der Waals surface area contributed by atoms with Crippen LogP contribution in [0.2, 0.25) is 0 Å². The zero-order chi connectivity index (χ0) is 11.8.